The van der Waals surface area contributed by atoms with Crippen LogP contribution in [0.4, 0.5) is 23.7 Å². The molecule has 0 aromatic heterocycles. The Morgan fingerprint density at radius 1 is 0.968 bits per heavy atom. The van der Waals surface area contributed by atoms with Gasteiger partial charge in [0.2, 0.25) is 0 Å². The minimum absolute atomic E-state index is 0.160. The van der Waals surface area contributed by atoms with Crippen LogP contribution in [0.15, 0.2) is 48.5 Å². The van der Waals surface area contributed by atoms with Crippen LogP contribution in [0.5, 0.6) is 5.75 Å². The van der Waals surface area contributed by atoms with Crippen LogP contribution in [0.25, 0.3) is 0 Å². The fourth-order valence-corrected chi connectivity index (χ4v) is 3.26. The highest BCUT2D eigenvalue weighted by Gasteiger charge is 2.33. The van der Waals surface area contributed by atoms with Crippen LogP contribution in [0.2, 0.25) is 0 Å². The number of rotatable bonds is 4. The molecule has 1 aliphatic rings. The van der Waals surface area contributed by atoms with Crippen molar-refractivity contribution in [2.75, 3.05) is 31.1 Å². The molecule has 0 radical (unpaired) electrons. The van der Waals surface area contributed by atoms with Gasteiger partial charge >= 0.3 is 12.3 Å². The molecule has 1 heterocycles. The average Bonchev–Trinajstić information content (AvgIpc) is 2.71. The molecular weight excluding hydrogens is 409 g/mol. The monoisotopic (exact) mass is 436 g/mol. The molecule has 1 amide bonds. The molecule has 0 saturated carbocycles. The highest BCUT2D eigenvalue weighted by Crippen LogP contribution is 2.37. The number of amides is 1. The van der Waals surface area contributed by atoms with E-state index >= 15 is 0 Å². The maximum Gasteiger partial charge on any atom is 0.416 e. The summed E-state index contributed by atoms with van der Waals surface area (Å²) in [7, 11) is 0. The van der Waals surface area contributed by atoms with Crippen molar-refractivity contribution in [1.82, 2.24) is 4.90 Å². The Balaban J connectivity index is 1.75. The van der Waals surface area contributed by atoms with Gasteiger partial charge in [-0.3, -0.25) is 0 Å². The summed E-state index contributed by atoms with van der Waals surface area (Å²) in [6.45, 7) is 7.33. The second-order valence-electron chi connectivity index (χ2n) is 8.41. The van der Waals surface area contributed by atoms with Crippen molar-refractivity contribution in [3.05, 3.63) is 59.7 Å². The van der Waals surface area contributed by atoms with Gasteiger partial charge in [-0.15, -0.1) is 0 Å². The lowest BCUT2D eigenvalue weighted by atomic mass is 10.1. The maximum atomic E-state index is 13.3. The molecule has 168 valence electrons. The zero-order valence-corrected chi connectivity index (χ0v) is 17.9. The first kappa shape index (κ1) is 22.8. The maximum absolute atomic E-state index is 13.3. The van der Waals surface area contributed by atoms with Gasteiger partial charge in [-0.1, -0.05) is 30.3 Å². The average molecular weight is 436 g/mol. The third-order valence-electron chi connectivity index (χ3n) is 4.80. The number of carbonyl (C=O) groups is 1. The van der Waals surface area contributed by atoms with Gasteiger partial charge in [0.15, 0.2) is 0 Å². The van der Waals surface area contributed by atoms with Crippen LogP contribution in [-0.4, -0.2) is 42.8 Å². The number of alkyl halides is 3. The van der Waals surface area contributed by atoms with Crippen molar-refractivity contribution in [3.63, 3.8) is 0 Å². The predicted octanol–water partition coefficient (Wildman–Crippen LogP) is 5.34. The highest BCUT2D eigenvalue weighted by molar-refractivity contribution is 5.69. The van der Waals surface area contributed by atoms with Crippen LogP contribution in [-0.2, 0) is 17.5 Å². The normalized spacial score (nSPS) is 15.0. The SMILES string of the molecule is CC(C)(C)OC(=O)N1CCN(c2ccc(C(F)(F)F)cc2OCc2ccccc2)CC1. The molecule has 2 aromatic rings. The van der Waals surface area contributed by atoms with Crippen LogP contribution >= 0.6 is 0 Å². The number of anilines is 1. The van der Waals surface area contributed by atoms with Gasteiger partial charge in [-0.25, -0.2) is 4.79 Å². The largest absolute Gasteiger partial charge is 0.487 e. The van der Waals surface area contributed by atoms with Crippen molar-refractivity contribution >= 4 is 11.8 Å². The second kappa shape index (κ2) is 9.08. The summed E-state index contributed by atoms with van der Waals surface area (Å²) < 4.78 is 51.0. The van der Waals surface area contributed by atoms with Gasteiger partial charge in [0, 0.05) is 26.2 Å². The first-order chi connectivity index (χ1) is 14.5. The Kier molecular flexibility index (Phi) is 6.67. The Labute approximate surface area is 180 Å². The molecule has 0 atom stereocenters. The summed E-state index contributed by atoms with van der Waals surface area (Å²) in [6, 6.07) is 12.8. The van der Waals surface area contributed by atoms with E-state index in [1.165, 1.54) is 6.07 Å². The molecule has 0 bridgehead atoms. The zero-order valence-electron chi connectivity index (χ0n) is 17.9. The number of carbonyl (C=O) groups excluding carboxylic acids is 1. The summed E-state index contributed by atoms with van der Waals surface area (Å²) in [5, 5.41) is 0. The topological polar surface area (TPSA) is 42.0 Å². The molecule has 31 heavy (non-hydrogen) atoms. The Morgan fingerprint density at radius 3 is 2.19 bits per heavy atom. The number of piperazine rings is 1. The molecule has 0 aliphatic carbocycles. The van der Waals surface area contributed by atoms with Gasteiger partial charge < -0.3 is 19.3 Å². The molecule has 1 aliphatic heterocycles. The first-order valence-corrected chi connectivity index (χ1v) is 10.1. The van der Waals surface area contributed by atoms with Gasteiger partial charge in [-0.2, -0.15) is 13.2 Å². The quantitative estimate of drug-likeness (QED) is 0.649. The fourth-order valence-electron chi connectivity index (χ4n) is 3.26. The number of benzene rings is 2. The molecule has 0 spiro atoms. The lowest BCUT2D eigenvalue weighted by molar-refractivity contribution is -0.137. The number of ether oxygens (including phenoxy) is 2. The van der Waals surface area contributed by atoms with E-state index < -0.39 is 17.3 Å². The van der Waals surface area contributed by atoms with Gasteiger partial charge in [-0.05, 0) is 44.5 Å². The Bertz CT molecular complexity index is 887. The van der Waals surface area contributed by atoms with E-state index in [0.717, 1.165) is 17.7 Å². The molecule has 1 saturated heterocycles. The number of halogens is 3. The van der Waals surface area contributed by atoms with Crippen molar-refractivity contribution in [3.8, 4) is 5.75 Å². The van der Waals surface area contributed by atoms with Gasteiger partial charge in [0.05, 0.1) is 11.3 Å². The minimum atomic E-state index is -4.46. The van der Waals surface area contributed by atoms with Crippen LogP contribution < -0.4 is 9.64 Å². The number of hydrogen-bond donors (Lipinski definition) is 0. The number of hydrogen-bond acceptors (Lipinski definition) is 4. The lowest BCUT2D eigenvalue weighted by Gasteiger charge is -2.37. The van der Waals surface area contributed by atoms with E-state index in [4.69, 9.17) is 9.47 Å². The zero-order chi connectivity index (χ0) is 22.6. The third kappa shape index (κ3) is 6.29. The minimum Gasteiger partial charge on any atom is -0.487 e. The van der Waals surface area contributed by atoms with E-state index in [1.54, 1.807) is 25.7 Å². The molecular formula is C23H27F3N2O3. The molecule has 0 unspecified atom stereocenters. The summed E-state index contributed by atoms with van der Waals surface area (Å²) in [5.41, 5.74) is 0.0974. The Hall–Kier alpha value is -2.90. The first-order valence-electron chi connectivity index (χ1n) is 10.1. The van der Waals surface area contributed by atoms with Crippen molar-refractivity contribution in [2.24, 2.45) is 0 Å². The molecule has 2 aromatic carbocycles. The molecule has 5 nitrogen and oxygen atoms in total. The van der Waals surface area contributed by atoms with E-state index in [1.807, 2.05) is 35.2 Å². The standard InChI is InChI=1S/C23H27F3N2O3/c1-22(2,3)31-21(29)28-13-11-27(12-14-28)19-10-9-18(23(24,25)26)15-20(19)30-16-17-7-5-4-6-8-17/h4-10,15H,11-14,16H2,1-3H3. The van der Waals surface area contributed by atoms with Crippen LogP contribution in [0, 0.1) is 0 Å². The highest BCUT2D eigenvalue weighted by atomic mass is 19.4. The summed E-state index contributed by atoms with van der Waals surface area (Å²) in [4.78, 5) is 15.8. The Morgan fingerprint density at radius 2 is 1.61 bits per heavy atom. The fraction of sp³-hybridized carbons (Fsp3) is 0.435. The van der Waals surface area contributed by atoms with Crippen molar-refractivity contribution < 1.29 is 27.4 Å². The second-order valence-corrected chi connectivity index (χ2v) is 8.41. The molecule has 3 rings (SSSR count). The molecule has 1 fully saturated rings. The van der Waals surface area contributed by atoms with Crippen molar-refractivity contribution in [1.29, 1.82) is 0 Å². The van der Waals surface area contributed by atoms with Gasteiger partial charge in [0.1, 0.15) is 18.0 Å². The van der Waals surface area contributed by atoms with E-state index in [0.29, 0.717) is 31.9 Å². The third-order valence-corrected chi connectivity index (χ3v) is 4.80. The van der Waals surface area contributed by atoms with Crippen LogP contribution in [0.1, 0.15) is 31.9 Å². The molecule has 0 N–H and O–H groups in total. The summed E-state index contributed by atoms with van der Waals surface area (Å²) >= 11 is 0. The van der Waals surface area contributed by atoms with Crippen molar-refractivity contribution in [2.45, 2.75) is 39.2 Å². The van der Waals surface area contributed by atoms with Crippen LogP contribution in [0.3, 0.4) is 0 Å². The predicted molar refractivity (Wildman–Crippen MR) is 112 cm³/mol. The summed E-state index contributed by atoms with van der Waals surface area (Å²) in [5.74, 6) is 0.171. The van der Waals surface area contributed by atoms with E-state index in [2.05, 4.69) is 0 Å². The van der Waals surface area contributed by atoms with E-state index in [-0.39, 0.29) is 18.4 Å². The van der Waals surface area contributed by atoms with E-state index in [9.17, 15) is 18.0 Å². The smallest absolute Gasteiger partial charge is 0.416 e. The molecule has 8 heteroatoms. The van der Waals surface area contributed by atoms with Gasteiger partial charge in [0.25, 0.3) is 0 Å². The lowest BCUT2D eigenvalue weighted by Crippen LogP contribution is -2.50. The number of nitrogens with zero attached hydrogens (tertiary/aromatic N) is 2. The summed E-state index contributed by atoms with van der Waals surface area (Å²) in [6.07, 6.45) is -4.85.